The van der Waals surface area contributed by atoms with Crippen LogP contribution in [0.3, 0.4) is 0 Å². The van der Waals surface area contributed by atoms with Gasteiger partial charge in [-0.1, -0.05) is 37.7 Å². The number of carboxylic acids is 1. The maximum absolute atomic E-state index is 10.9. The molecule has 4 nitrogen and oxygen atoms in total. The first-order valence-electron chi connectivity index (χ1n) is 7.26. The van der Waals surface area contributed by atoms with E-state index in [9.17, 15) is 4.79 Å². The van der Waals surface area contributed by atoms with Gasteiger partial charge in [-0.3, -0.25) is 4.79 Å². The van der Waals surface area contributed by atoms with Crippen molar-refractivity contribution >= 4 is 28.8 Å². The van der Waals surface area contributed by atoms with E-state index in [0.29, 0.717) is 0 Å². The first-order chi connectivity index (χ1) is 9.92. The highest BCUT2D eigenvalue weighted by atomic mass is 32.2. The number of fused-ring (bicyclic) bond motifs is 1. The summed E-state index contributed by atoms with van der Waals surface area (Å²) in [5.74, 6) is -0.781. The van der Waals surface area contributed by atoms with Crippen LogP contribution in [0.25, 0.3) is 11.0 Å². The van der Waals surface area contributed by atoms with Crippen molar-refractivity contribution in [2.75, 3.05) is 5.75 Å². The average molecular weight is 306 g/mol. The molecule has 0 fully saturated rings. The Bertz CT molecular complexity index is 660. The number of thioether (sulfide) groups is 1. The highest BCUT2D eigenvalue weighted by molar-refractivity contribution is 7.99. The zero-order valence-corrected chi connectivity index (χ0v) is 13.8. The van der Waals surface area contributed by atoms with E-state index in [0.717, 1.165) is 34.6 Å². The Kier molecular flexibility index (Phi) is 4.61. The summed E-state index contributed by atoms with van der Waals surface area (Å²) >= 11 is 1.30. The van der Waals surface area contributed by atoms with Crippen molar-refractivity contribution < 1.29 is 9.90 Å². The number of imidazole rings is 1. The Morgan fingerprint density at radius 3 is 2.62 bits per heavy atom. The molecule has 1 aromatic carbocycles. The van der Waals surface area contributed by atoms with Crippen LogP contribution in [0.4, 0.5) is 0 Å². The van der Waals surface area contributed by atoms with Crippen molar-refractivity contribution in [3.63, 3.8) is 0 Å². The van der Waals surface area contributed by atoms with Crippen molar-refractivity contribution in [3.05, 3.63) is 23.8 Å². The lowest BCUT2D eigenvalue weighted by Crippen LogP contribution is -2.29. The van der Waals surface area contributed by atoms with E-state index in [1.807, 2.05) is 19.1 Å². The maximum atomic E-state index is 10.9. The van der Waals surface area contributed by atoms with E-state index in [1.54, 1.807) is 0 Å². The van der Waals surface area contributed by atoms with Crippen LogP contribution in [0, 0.1) is 6.92 Å². The van der Waals surface area contributed by atoms with Gasteiger partial charge in [-0.15, -0.1) is 0 Å². The first kappa shape index (κ1) is 15.9. The molecule has 0 atom stereocenters. The topological polar surface area (TPSA) is 55.1 Å². The van der Waals surface area contributed by atoms with Crippen LogP contribution in [-0.2, 0) is 10.3 Å². The van der Waals surface area contributed by atoms with Gasteiger partial charge in [0.15, 0.2) is 5.16 Å². The Morgan fingerprint density at radius 2 is 2.05 bits per heavy atom. The van der Waals surface area contributed by atoms with E-state index in [1.165, 1.54) is 11.8 Å². The quantitative estimate of drug-likeness (QED) is 0.818. The summed E-state index contributed by atoms with van der Waals surface area (Å²) in [5, 5.41) is 9.75. The van der Waals surface area contributed by atoms with Crippen molar-refractivity contribution in [1.82, 2.24) is 9.55 Å². The van der Waals surface area contributed by atoms with Gasteiger partial charge in [-0.25, -0.2) is 4.98 Å². The largest absolute Gasteiger partial charge is 0.481 e. The Morgan fingerprint density at radius 1 is 1.38 bits per heavy atom. The highest BCUT2D eigenvalue weighted by Crippen LogP contribution is 2.35. The van der Waals surface area contributed by atoms with Gasteiger partial charge in [0.05, 0.1) is 16.8 Å². The number of carbonyl (C=O) groups is 1. The van der Waals surface area contributed by atoms with Gasteiger partial charge in [-0.2, -0.15) is 0 Å². The highest BCUT2D eigenvalue weighted by Gasteiger charge is 2.28. The molecular weight excluding hydrogens is 284 g/mol. The molecule has 114 valence electrons. The third kappa shape index (κ3) is 2.93. The summed E-state index contributed by atoms with van der Waals surface area (Å²) in [4.78, 5) is 15.6. The molecule has 0 aliphatic carbocycles. The molecule has 2 rings (SSSR count). The molecule has 1 heterocycles. The smallest absolute Gasteiger partial charge is 0.313 e. The fraction of sp³-hybridized carbons (Fsp3) is 0.500. The number of para-hydroxylation sites is 1. The molecule has 21 heavy (non-hydrogen) atoms. The van der Waals surface area contributed by atoms with Crippen molar-refractivity contribution in [3.8, 4) is 0 Å². The van der Waals surface area contributed by atoms with Crippen molar-refractivity contribution in [2.24, 2.45) is 0 Å². The SMILES string of the molecule is CCC(C)(CC)n1c(SCC(=O)O)nc2c(C)cccc21. The number of benzene rings is 1. The number of aliphatic carboxylic acids is 1. The fourth-order valence-electron chi connectivity index (χ4n) is 2.53. The standard InChI is InChI=1S/C16H22N2O2S/c1-5-16(4,6-2)18-12-9-7-8-11(3)14(12)17-15(18)21-10-13(19)20/h7-9H,5-6,10H2,1-4H3,(H,19,20). The van der Waals surface area contributed by atoms with Crippen molar-refractivity contribution in [2.45, 2.75) is 51.2 Å². The lowest BCUT2D eigenvalue weighted by molar-refractivity contribution is -0.133. The van der Waals surface area contributed by atoms with E-state index < -0.39 is 5.97 Å². The van der Waals surface area contributed by atoms with Gasteiger partial charge < -0.3 is 9.67 Å². The van der Waals surface area contributed by atoms with E-state index >= 15 is 0 Å². The molecule has 0 unspecified atom stereocenters. The third-order valence-electron chi connectivity index (χ3n) is 4.24. The monoisotopic (exact) mass is 306 g/mol. The second-order valence-electron chi connectivity index (χ2n) is 5.56. The average Bonchev–Trinajstić information content (AvgIpc) is 2.85. The Balaban J connectivity index is 2.65. The van der Waals surface area contributed by atoms with Gasteiger partial charge in [0.2, 0.25) is 0 Å². The normalized spacial score (nSPS) is 12.0. The maximum Gasteiger partial charge on any atom is 0.313 e. The number of rotatable bonds is 6. The molecule has 0 aliphatic rings. The molecule has 0 spiro atoms. The molecule has 0 radical (unpaired) electrons. The molecule has 1 N–H and O–H groups in total. The van der Waals surface area contributed by atoms with Gasteiger partial charge in [0.1, 0.15) is 0 Å². The molecule has 2 aromatic rings. The van der Waals surface area contributed by atoms with Crippen LogP contribution in [0.1, 0.15) is 39.2 Å². The Hall–Kier alpha value is -1.49. The molecular formula is C16H22N2O2S. The minimum absolute atomic E-state index is 0.0336. The van der Waals surface area contributed by atoms with E-state index in [-0.39, 0.29) is 11.3 Å². The molecule has 0 amide bonds. The van der Waals surface area contributed by atoms with Crippen LogP contribution in [0.2, 0.25) is 0 Å². The van der Waals surface area contributed by atoms with Crippen molar-refractivity contribution in [1.29, 1.82) is 0 Å². The molecule has 0 saturated carbocycles. The number of aryl methyl sites for hydroxylation is 1. The summed E-state index contributed by atoms with van der Waals surface area (Å²) in [6.07, 6.45) is 1.95. The lowest BCUT2D eigenvalue weighted by atomic mass is 9.95. The van der Waals surface area contributed by atoms with Gasteiger partial charge >= 0.3 is 5.97 Å². The van der Waals surface area contributed by atoms with Crippen LogP contribution >= 0.6 is 11.8 Å². The zero-order chi connectivity index (χ0) is 15.6. The van der Waals surface area contributed by atoms with E-state index in [4.69, 9.17) is 10.1 Å². The molecule has 0 saturated heterocycles. The molecule has 1 aromatic heterocycles. The second-order valence-corrected chi connectivity index (χ2v) is 6.50. The summed E-state index contributed by atoms with van der Waals surface area (Å²) in [5.41, 5.74) is 3.13. The number of carboxylic acid groups (broad SMARTS) is 1. The summed E-state index contributed by atoms with van der Waals surface area (Å²) in [6, 6.07) is 6.15. The molecule has 5 heteroatoms. The number of hydrogen-bond donors (Lipinski definition) is 1. The van der Waals surface area contributed by atoms with Crippen LogP contribution in [0.5, 0.6) is 0 Å². The van der Waals surface area contributed by atoms with Gasteiger partial charge in [0, 0.05) is 5.54 Å². The molecule has 0 aliphatic heterocycles. The number of aromatic nitrogens is 2. The fourth-order valence-corrected chi connectivity index (χ4v) is 3.39. The first-order valence-corrected chi connectivity index (χ1v) is 8.24. The van der Waals surface area contributed by atoms with E-state index in [2.05, 4.69) is 31.4 Å². The van der Waals surface area contributed by atoms with Gasteiger partial charge in [-0.05, 0) is 38.3 Å². The second kappa shape index (κ2) is 6.10. The number of nitrogens with zero attached hydrogens (tertiary/aromatic N) is 2. The van der Waals surface area contributed by atoms with Crippen LogP contribution in [0.15, 0.2) is 23.4 Å². The summed E-state index contributed by atoms with van der Waals surface area (Å²) in [6.45, 7) is 8.58. The molecule has 0 bridgehead atoms. The van der Waals surface area contributed by atoms with Crippen LogP contribution in [-0.4, -0.2) is 26.4 Å². The zero-order valence-electron chi connectivity index (χ0n) is 13.0. The number of hydrogen-bond acceptors (Lipinski definition) is 3. The predicted octanol–water partition coefficient (Wildman–Crippen LogP) is 4.06. The Labute approximate surface area is 129 Å². The van der Waals surface area contributed by atoms with Crippen LogP contribution < -0.4 is 0 Å². The third-order valence-corrected chi connectivity index (χ3v) is 5.17. The minimum atomic E-state index is -0.815. The predicted molar refractivity (Wildman–Crippen MR) is 87.1 cm³/mol. The van der Waals surface area contributed by atoms with Gasteiger partial charge in [0.25, 0.3) is 0 Å². The lowest BCUT2D eigenvalue weighted by Gasteiger charge is -2.31. The summed E-state index contributed by atoms with van der Waals surface area (Å²) in [7, 11) is 0. The minimum Gasteiger partial charge on any atom is -0.481 e. The summed E-state index contributed by atoms with van der Waals surface area (Å²) < 4.78 is 2.23.